The summed E-state index contributed by atoms with van der Waals surface area (Å²) >= 11 is 1.72. The highest BCUT2D eigenvalue weighted by Gasteiger charge is 2.14. The van der Waals surface area contributed by atoms with E-state index >= 15 is 0 Å². The monoisotopic (exact) mass is 356 g/mol. The van der Waals surface area contributed by atoms with Crippen LogP contribution in [0.25, 0.3) is 20.9 Å². The van der Waals surface area contributed by atoms with E-state index in [0.29, 0.717) is 0 Å². The van der Waals surface area contributed by atoms with Gasteiger partial charge in [-0.25, -0.2) is 18.6 Å². The summed E-state index contributed by atoms with van der Waals surface area (Å²) in [6.45, 7) is 0. The molecule has 0 amide bonds. The van der Waals surface area contributed by atoms with Crippen LogP contribution in [0.5, 0.6) is 11.5 Å². The van der Waals surface area contributed by atoms with Gasteiger partial charge in [0, 0.05) is 5.39 Å². The summed E-state index contributed by atoms with van der Waals surface area (Å²) in [5.74, 6) is 1.55. The van der Waals surface area contributed by atoms with Gasteiger partial charge in [-0.05, 0) is 17.5 Å². The van der Waals surface area contributed by atoms with Crippen LogP contribution in [0.4, 0.5) is 0 Å². The largest absolute Gasteiger partial charge is 0.493 e. The van der Waals surface area contributed by atoms with E-state index in [1.54, 1.807) is 25.6 Å². The second-order valence-electron chi connectivity index (χ2n) is 4.40. The van der Waals surface area contributed by atoms with Crippen molar-refractivity contribution in [2.45, 2.75) is 0 Å². The summed E-state index contributed by atoms with van der Waals surface area (Å²) in [4.78, 5) is 0. The SMILES string of the molecule is COc1cc2[s+]cc3ccccc3c2cc1OC.[O-][Cl+3]([O-])([O-])[O-]. The molecule has 3 aromatic rings. The van der Waals surface area contributed by atoms with Gasteiger partial charge in [0.1, 0.15) is 0 Å². The van der Waals surface area contributed by atoms with Crippen LogP contribution in [0.3, 0.4) is 0 Å². The lowest BCUT2D eigenvalue weighted by atomic mass is 10.1. The number of ether oxygens (including phenoxy) is 2. The average Bonchev–Trinajstić information content (AvgIpc) is 2.51. The zero-order chi connectivity index (χ0) is 17.0. The third-order valence-electron chi connectivity index (χ3n) is 3.05. The molecule has 0 saturated heterocycles. The fraction of sp³-hybridized carbons (Fsp3) is 0.133. The predicted octanol–water partition coefficient (Wildman–Crippen LogP) is -0.403. The van der Waals surface area contributed by atoms with Crippen LogP contribution in [0.1, 0.15) is 0 Å². The fourth-order valence-corrected chi connectivity index (χ4v) is 3.07. The maximum Gasteiger partial charge on any atom is 0.242 e. The Kier molecular flexibility index (Phi) is 5.53. The van der Waals surface area contributed by atoms with E-state index in [9.17, 15) is 0 Å². The van der Waals surface area contributed by atoms with Crippen molar-refractivity contribution >= 4 is 32.2 Å². The predicted molar refractivity (Wildman–Crippen MR) is 76.8 cm³/mol. The number of methoxy groups -OCH3 is 2. The maximum atomic E-state index is 8.49. The smallest absolute Gasteiger partial charge is 0.242 e. The zero-order valence-corrected chi connectivity index (χ0v) is 13.8. The van der Waals surface area contributed by atoms with Crippen LogP contribution in [-0.4, -0.2) is 14.2 Å². The Hall–Kier alpha value is -1.74. The zero-order valence-electron chi connectivity index (χ0n) is 12.3. The maximum absolute atomic E-state index is 8.49. The molecule has 0 aliphatic rings. The van der Waals surface area contributed by atoms with Gasteiger partial charge in [-0.2, -0.15) is 0 Å². The van der Waals surface area contributed by atoms with Gasteiger partial charge >= 0.3 is 0 Å². The molecule has 0 radical (unpaired) electrons. The normalized spacial score (nSPS) is 11.0. The van der Waals surface area contributed by atoms with Gasteiger partial charge < -0.3 is 9.47 Å². The van der Waals surface area contributed by atoms with Crippen molar-refractivity contribution in [2.24, 2.45) is 0 Å². The Morgan fingerprint density at radius 3 is 2.04 bits per heavy atom. The minimum absolute atomic E-state index is 0.772. The Labute approximate surface area is 138 Å². The van der Waals surface area contributed by atoms with E-state index in [1.807, 2.05) is 12.1 Å². The molecule has 0 aliphatic carbocycles. The van der Waals surface area contributed by atoms with E-state index in [0.717, 1.165) is 11.5 Å². The quantitative estimate of drug-likeness (QED) is 0.456. The third-order valence-corrected chi connectivity index (χ3v) is 4.01. The summed E-state index contributed by atoms with van der Waals surface area (Å²) < 4.78 is 45.9. The minimum Gasteiger partial charge on any atom is -0.493 e. The topological polar surface area (TPSA) is 111 Å². The highest BCUT2D eigenvalue weighted by Crippen LogP contribution is 2.37. The van der Waals surface area contributed by atoms with Crippen LogP contribution in [0, 0.1) is 10.2 Å². The summed E-state index contributed by atoms with van der Waals surface area (Å²) in [7, 11) is -1.62. The van der Waals surface area contributed by atoms with Crippen molar-refractivity contribution in [3.05, 3.63) is 41.8 Å². The van der Waals surface area contributed by atoms with Crippen LogP contribution < -0.4 is 28.1 Å². The molecule has 3 rings (SSSR count). The van der Waals surface area contributed by atoms with Gasteiger partial charge in [0.25, 0.3) is 0 Å². The molecule has 2 aromatic carbocycles. The second-order valence-corrected chi connectivity index (χ2v) is 6.07. The highest BCUT2D eigenvalue weighted by atomic mass is 35.7. The lowest BCUT2D eigenvalue weighted by Gasteiger charge is -2.17. The van der Waals surface area contributed by atoms with Gasteiger partial charge in [-0.15, -0.1) is 10.2 Å². The minimum atomic E-state index is -4.94. The van der Waals surface area contributed by atoms with Gasteiger partial charge in [0.15, 0.2) is 11.5 Å². The molecule has 0 unspecified atom stereocenters. The van der Waals surface area contributed by atoms with Crippen LogP contribution in [-0.2, 0) is 0 Å². The molecule has 0 bridgehead atoms. The molecule has 0 atom stereocenters. The van der Waals surface area contributed by atoms with Crippen LogP contribution >= 0.6 is 11.3 Å². The third kappa shape index (κ3) is 4.61. The molecule has 23 heavy (non-hydrogen) atoms. The lowest BCUT2D eigenvalue weighted by molar-refractivity contribution is -2.00. The first-order valence-corrected chi connectivity index (χ1v) is 8.42. The summed E-state index contributed by atoms with van der Waals surface area (Å²) in [6, 6.07) is 12.5. The van der Waals surface area contributed by atoms with Gasteiger partial charge in [0.05, 0.1) is 25.7 Å². The standard InChI is InChI=1S/C15H13O2S.ClHO4/c1-16-13-7-12-11-6-4-3-5-10(11)9-18-15(12)8-14(13)17-2;2-1(3,4)5/h3-9H,1-2H3;(H,2,3,4,5)/q+1;/p-1. The summed E-state index contributed by atoms with van der Waals surface area (Å²) in [5.41, 5.74) is 0. The van der Waals surface area contributed by atoms with E-state index in [2.05, 4.69) is 29.6 Å². The van der Waals surface area contributed by atoms with E-state index in [-0.39, 0.29) is 0 Å². The molecule has 0 aliphatic heterocycles. The molecule has 1 aromatic heterocycles. The van der Waals surface area contributed by atoms with Crippen LogP contribution in [0.15, 0.2) is 41.8 Å². The van der Waals surface area contributed by atoms with Crippen molar-refractivity contribution in [1.82, 2.24) is 0 Å². The first-order valence-electron chi connectivity index (χ1n) is 6.30. The Balaban J connectivity index is 0.000000338. The molecule has 6 nitrogen and oxygen atoms in total. The summed E-state index contributed by atoms with van der Waals surface area (Å²) in [5, 5.41) is 5.87. The molecule has 0 spiro atoms. The first kappa shape index (κ1) is 17.6. The second kappa shape index (κ2) is 7.22. The molecule has 0 fully saturated rings. The molecule has 0 saturated carbocycles. The molecule has 1 heterocycles. The van der Waals surface area contributed by atoms with Crippen molar-refractivity contribution in [3.63, 3.8) is 0 Å². The molecule has 0 N–H and O–H groups in total. The number of halogens is 1. The Bertz CT molecular complexity index is 812. The van der Waals surface area contributed by atoms with E-state index in [1.165, 1.54) is 20.9 Å². The Morgan fingerprint density at radius 2 is 1.43 bits per heavy atom. The van der Waals surface area contributed by atoms with Crippen molar-refractivity contribution in [3.8, 4) is 11.5 Å². The average molecular weight is 357 g/mol. The van der Waals surface area contributed by atoms with Crippen LogP contribution in [0.2, 0.25) is 0 Å². The number of fused-ring (bicyclic) bond motifs is 3. The van der Waals surface area contributed by atoms with Gasteiger partial charge in [-0.1, -0.05) is 18.2 Å². The van der Waals surface area contributed by atoms with E-state index in [4.69, 9.17) is 28.1 Å². The Morgan fingerprint density at radius 1 is 0.870 bits per heavy atom. The molecular weight excluding hydrogens is 344 g/mol. The fourth-order valence-electron chi connectivity index (χ4n) is 2.14. The van der Waals surface area contributed by atoms with Crippen molar-refractivity contribution in [1.29, 1.82) is 0 Å². The summed E-state index contributed by atoms with van der Waals surface area (Å²) in [6.07, 6.45) is 0. The highest BCUT2D eigenvalue weighted by molar-refractivity contribution is 7.17. The molecule has 122 valence electrons. The lowest BCUT2D eigenvalue weighted by Crippen LogP contribution is -2.68. The van der Waals surface area contributed by atoms with E-state index < -0.39 is 10.2 Å². The van der Waals surface area contributed by atoms with Crippen molar-refractivity contribution < 1.29 is 38.4 Å². The number of benzene rings is 2. The number of hydrogen-bond donors (Lipinski definition) is 0. The molecular formula is C15H13ClO6S. The number of rotatable bonds is 2. The first-order chi connectivity index (χ1) is 10.8. The molecule has 8 heteroatoms. The number of hydrogen-bond acceptors (Lipinski definition) is 6. The van der Waals surface area contributed by atoms with Gasteiger partial charge in [0.2, 0.25) is 21.4 Å². The van der Waals surface area contributed by atoms with Crippen molar-refractivity contribution in [2.75, 3.05) is 14.2 Å². The van der Waals surface area contributed by atoms with Gasteiger partial charge in [-0.3, -0.25) is 0 Å².